The molecule has 0 atom stereocenters. The van der Waals surface area contributed by atoms with E-state index >= 15 is 0 Å². The van der Waals surface area contributed by atoms with E-state index in [1.54, 1.807) is 12.1 Å². The van der Waals surface area contributed by atoms with Gasteiger partial charge in [0.05, 0.1) is 18.9 Å². The maximum atomic E-state index is 13.6. The van der Waals surface area contributed by atoms with Gasteiger partial charge in [0.1, 0.15) is 5.82 Å². The molecule has 0 radical (unpaired) electrons. The Morgan fingerprint density at radius 3 is 2.42 bits per heavy atom. The first-order valence-electron chi connectivity index (χ1n) is 11.5. The van der Waals surface area contributed by atoms with Gasteiger partial charge in [0, 0.05) is 44.4 Å². The fourth-order valence-electron chi connectivity index (χ4n) is 4.24. The molecule has 0 spiro atoms. The smallest absolute Gasteiger partial charge is 0.159 e. The van der Waals surface area contributed by atoms with Crippen molar-refractivity contribution in [2.45, 2.75) is 13.3 Å². The molecule has 4 rings (SSSR count). The normalized spacial score (nSPS) is 14.3. The number of benzene rings is 2. The lowest BCUT2D eigenvalue weighted by Crippen LogP contribution is -2.41. The predicted molar refractivity (Wildman–Crippen MR) is 132 cm³/mol. The number of morpholine rings is 1. The molecule has 0 amide bonds. The van der Waals surface area contributed by atoms with Crippen molar-refractivity contribution in [2.75, 3.05) is 51.3 Å². The lowest BCUT2D eigenvalue weighted by atomic mass is 9.91. The summed E-state index contributed by atoms with van der Waals surface area (Å²) in [6.45, 7) is 11.7. The molecule has 6 heteroatoms. The topological polar surface area (TPSA) is 41.5 Å². The highest BCUT2D eigenvalue weighted by Gasteiger charge is 2.22. The van der Waals surface area contributed by atoms with E-state index in [1.165, 1.54) is 12.1 Å². The van der Waals surface area contributed by atoms with Crippen LogP contribution in [-0.2, 0) is 11.2 Å². The maximum Gasteiger partial charge on any atom is 0.159 e. The Bertz CT molecular complexity index is 1080. The van der Waals surface area contributed by atoms with E-state index in [0.717, 1.165) is 85.2 Å². The molecule has 33 heavy (non-hydrogen) atoms. The molecular weight excluding hydrogens is 415 g/mol. The first-order valence-corrected chi connectivity index (χ1v) is 11.5. The number of ether oxygens (including phenoxy) is 1. The Hall–Kier alpha value is -3.09. The van der Waals surface area contributed by atoms with Gasteiger partial charge in [-0.3, -0.25) is 4.90 Å². The zero-order valence-electron chi connectivity index (χ0n) is 19.4. The summed E-state index contributed by atoms with van der Waals surface area (Å²) >= 11 is 0. The molecule has 0 N–H and O–H groups in total. The molecule has 172 valence electrons. The molecule has 5 nitrogen and oxygen atoms in total. The average molecular weight is 447 g/mol. The molecule has 2 heterocycles. The third-order valence-corrected chi connectivity index (χ3v) is 6.17. The predicted octanol–water partition coefficient (Wildman–Crippen LogP) is 4.68. The van der Waals surface area contributed by atoms with Crippen LogP contribution >= 0.6 is 0 Å². The minimum absolute atomic E-state index is 0.261. The van der Waals surface area contributed by atoms with Crippen molar-refractivity contribution in [3.8, 4) is 11.3 Å². The number of anilines is 1. The molecule has 0 saturated carbocycles. The highest BCUT2D eigenvalue weighted by atomic mass is 19.1. The Morgan fingerprint density at radius 2 is 1.76 bits per heavy atom. The van der Waals surface area contributed by atoms with Crippen LogP contribution < -0.4 is 4.90 Å². The van der Waals surface area contributed by atoms with Crippen molar-refractivity contribution >= 4 is 11.4 Å². The quantitative estimate of drug-likeness (QED) is 0.503. The van der Waals surface area contributed by atoms with Gasteiger partial charge in [-0.2, -0.15) is 0 Å². The van der Waals surface area contributed by atoms with E-state index in [2.05, 4.69) is 45.6 Å². The highest BCUT2D eigenvalue weighted by molar-refractivity contribution is 5.88. The van der Waals surface area contributed by atoms with Crippen LogP contribution in [0, 0.1) is 5.82 Å². The van der Waals surface area contributed by atoms with Crippen molar-refractivity contribution in [3.05, 3.63) is 83.7 Å². The van der Waals surface area contributed by atoms with Crippen molar-refractivity contribution in [1.29, 1.82) is 0 Å². The lowest BCUT2D eigenvalue weighted by Gasteiger charge is -2.30. The van der Waals surface area contributed by atoms with Gasteiger partial charge in [-0.25, -0.2) is 4.39 Å². The number of hydrogen-bond acceptors (Lipinski definition) is 5. The summed E-state index contributed by atoms with van der Waals surface area (Å²) in [7, 11) is 2.05. The standard InChI is InChI=1S/C27H31FN4O/c1-4-24-25(20(2)21-10-12-23(28)13-11-21)27(30-29-26(24)22-8-6-5-7-9-22)31(3)14-15-32-16-18-33-19-17-32/h5-13H,2,4,14-19H2,1,3H3. The molecule has 1 aliphatic rings. The van der Waals surface area contributed by atoms with E-state index in [9.17, 15) is 4.39 Å². The van der Waals surface area contributed by atoms with Gasteiger partial charge in [0.15, 0.2) is 5.82 Å². The SMILES string of the molecule is C=C(c1ccc(F)cc1)c1c(N(C)CCN2CCOCC2)nnc(-c2ccccc2)c1CC. The largest absolute Gasteiger partial charge is 0.379 e. The molecule has 2 aromatic carbocycles. The van der Waals surface area contributed by atoms with E-state index in [1.807, 2.05) is 25.2 Å². The van der Waals surface area contributed by atoms with Crippen LogP contribution in [0.4, 0.5) is 10.2 Å². The summed E-state index contributed by atoms with van der Waals surface area (Å²) in [5.74, 6) is 0.539. The first kappa shape index (κ1) is 23.1. The Balaban J connectivity index is 1.74. The monoisotopic (exact) mass is 446 g/mol. The van der Waals surface area contributed by atoms with Crippen LogP contribution in [0.5, 0.6) is 0 Å². The number of likely N-dealkylation sites (N-methyl/N-ethyl adjacent to an activating group) is 1. The number of rotatable bonds is 8. The molecular formula is C27H31FN4O. The summed E-state index contributed by atoms with van der Waals surface area (Å²) < 4.78 is 19.1. The van der Waals surface area contributed by atoms with E-state index in [-0.39, 0.29) is 5.82 Å². The van der Waals surface area contributed by atoms with Crippen molar-refractivity contribution in [2.24, 2.45) is 0 Å². The van der Waals surface area contributed by atoms with Crippen LogP contribution in [0.1, 0.15) is 23.6 Å². The van der Waals surface area contributed by atoms with Crippen LogP contribution in [0.25, 0.3) is 16.8 Å². The van der Waals surface area contributed by atoms with Gasteiger partial charge in [-0.15, -0.1) is 10.2 Å². The summed E-state index contributed by atoms with van der Waals surface area (Å²) in [5.41, 5.74) is 5.66. The summed E-state index contributed by atoms with van der Waals surface area (Å²) in [6.07, 6.45) is 0.777. The van der Waals surface area contributed by atoms with E-state index < -0.39 is 0 Å². The summed E-state index contributed by atoms with van der Waals surface area (Å²) in [6, 6.07) is 16.6. The number of nitrogens with zero attached hydrogens (tertiary/aromatic N) is 4. The molecule has 1 fully saturated rings. The molecule has 0 bridgehead atoms. The minimum Gasteiger partial charge on any atom is -0.379 e. The van der Waals surface area contributed by atoms with Crippen molar-refractivity contribution in [3.63, 3.8) is 0 Å². The maximum absolute atomic E-state index is 13.6. The summed E-state index contributed by atoms with van der Waals surface area (Å²) in [4.78, 5) is 4.56. The Morgan fingerprint density at radius 1 is 1.06 bits per heavy atom. The zero-order valence-corrected chi connectivity index (χ0v) is 19.4. The second kappa shape index (κ2) is 10.7. The second-order valence-corrected chi connectivity index (χ2v) is 8.31. The Kier molecular flexibility index (Phi) is 7.47. The zero-order chi connectivity index (χ0) is 23.2. The molecule has 0 unspecified atom stereocenters. The lowest BCUT2D eigenvalue weighted by molar-refractivity contribution is 0.0392. The van der Waals surface area contributed by atoms with Crippen molar-refractivity contribution in [1.82, 2.24) is 15.1 Å². The fraction of sp³-hybridized carbons (Fsp3) is 0.333. The summed E-state index contributed by atoms with van der Waals surface area (Å²) in [5, 5.41) is 9.35. The van der Waals surface area contributed by atoms with Crippen LogP contribution in [-0.4, -0.2) is 61.5 Å². The van der Waals surface area contributed by atoms with Crippen molar-refractivity contribution < 1.29 is 9.13 Å². The van der Waals surface area contributed by atoms with Gasteiger partial charge in [-0.1, -0.05) is 56.0 Å². The fourth-order valence-corrected chi connectivity index (χ4v) is 4.24. The van der Waals surface area contributed by atoms with E-state index in [4.69, 9.17) is 4.74 Å². The number of halogens is 1. The van der Waals surface area contributed by atoms with Gasteiger partial charge in [0.2, 0.25) is 0 Å². The van der Waals surface area contributed by atoms with E-state index in [0.29, 0.717) is 0 Å². The highest BCUT2D eigenvalue weighted by Crippen LogP contribution is 2.36. The molecule has 1 saturated heterocycles. The van der Waals surface area contributed by atoms with Gasteiger partial charge < -0.3 is 9.64 Å². The van der Waals surface area contributed by atoms with Gasteiger partial charge >= 0.3 is 0 Å². The number of hydrogen-bond donors (Lipinski definition) is 0. The minimum atomic E-state index is -0.261. The molecule has 1 aromatic heterocycles. The van der Waals surface area contributed by atoms with Gasteiger partial charge in [-0.05, 0) is 35.3 Å². The second-order valence-electron chi connectivity index (χ2n) is 8.31. The molecule has 0 aliphatic carbocycles. The average Bonchev–Trinajstić information content (AvgIpc) is 2.87. The third kappa shape index (κ3) is 5.29. The Labute approximate surface area is 195 Å². The van der Waals surface area contributed by atoms with Crippen LogP contribution in [0.2, 0.25) is 0 Å². The van der Waals surface area contributed by atoms with Crippen LogP contribution in [0.3, 0.4) is 0 Å². The molecule has 3 aromatic rings. The van der Waals surface area contributed by atoms with Gasteiger partial charge in [0.25, 0.3) is 0 Å². The third-order valence-electron chi connectivity index (χ3n) is 6.17. The van der Waals surface area contributed by atoms with Crippen LogP contribution in [0.15, 0.2) is 61.2 Å². The molecule has 1 aliphatic heterocycles. The number of aromatic nitrogens is 2. The first-order chi connectivity index (χ1) is 16.1.